The van der Waals surface area contributed by atoms with Crippen LogP contribution in [0.15, 0.2) is 4.99 Å². The largest absolute Gasteiger partial charge is 1.00 e. The van der Waals surface area contributed by atoms with Crippen LogP contribution in [0.4, 0.5) is 0 Å². The molecule has 1 heterocycles. The molecule has 6 nitrogen and oxygen atoms in total. The van der Waals surface area contributed by atoms with Gasteiger partial charge in [0.2, 0.25) is 5.91 Å². The van der Waals surface area contributed by atoms with Gasteiger partial charge in [-0.2, -0.15) is 0 Å². The Bertz CT molecular complexity index is 471. The number of carbonyl (C=O) groups is 3. The quantitative estimate of drug-likeness (QED) is 0.491. The zero-order valence-corrected chi connectivity index (χ0v) is 16.6. The van der Waals surface area contributed by atoms with Crippen LogP contribution in [0.5, 0.6) is 0 Å². The molecule has 2 rings (SSSR count). The van der Waals surface area contributed by atoms with Gasteiger partial charge in [-0.3, -0.25) is 14.4 Å². The van der Waals surface area contributed by atoms with Crippen LogP contribution >= 0.6 is 0 Å². The molecule has 1 aliphatic carbocycles. The summed E-state index contributed by atoms with van der Waals surface area (Å²) in [6.45, 7) is 5.62. The fraction of sp³-hybridized carbons (Fsp3) is 0.750. The number of amidine groups is 1. The molecule has 0 saturated heterocycles. The fourth-order valence-corrected chi connectivity index (χ4v) is 3.07. The van der Waals surface area contributed by atoms with Crippen molar-refractivity contribution < 1.29 is 49.0 Å². The van der Waals surface area contributed by atoms with Gasteiger partial charge in [-0.05, 0) is 31.6 Å². The van der Waals surface area contributed by atoms with Crippen molar-refractivity contribution in [3.8, 4) is 0 Å². The maximum absolute atomic E-state index is 11.9. The second-order valence-corrected chi connectivity index (χ2v) is 5.94. The third-order valence-electron chi connectivity index (χ3n) is 4.49. The Labute approximate surface area is 159 Å². The first kappa shape index (κ1) is 22.3. The molecule has 7 heteroatoms. The van der Waals surface area contributed by atoms with Crippen molar-refractivity contribution in [2.45, 2.75) is 65.7 Å². The van der Waals surface area contributed by atoms with E-state index in [9.17, 15) is 19.5 Å². The Kier molecular flexibility index (Phi) is 9.89. The van der Waals surface area contributed by atoms with Crippen LogP contribution in [-0.2, 0) is 14.4 Å². The summed E-state index contributed by atoms with van der Waals surface area (Å²) >= 11 is 0. The summed E-state index contributed by atoms with van der Waals surface area (Å²) in [6.07, 6.45) is 5.99. The third-order valence-corrected chi connectivity index (χ3v) is 4.49. The number of amides is 2. The Morgan fingerprint density at radius 1 is 1.22 bits per heavy atom. The van der Waals surface area contributed by atoms with Gasteiger partial charge in [0, 0.05) is 12.8 Å². The van der Waals surface area contributed by atoms with E-state index in [0.29, 0.717) is 12.2 Å². The maximum Gasteiger partial charge on any atom is 1.00 e. The van der Waals surface area contributed by atoms with Crippen LogP contribution in [0.25, 0.3) is 0 Å². The molecule has 1 saturated carbocycles. The molecule has 2 amide bonds. The normalized spacial score (nSPS) is 24.8. The van der Waals surface area contributed by atoms with Gasteiger partial charge in [-0.15, -0.1) is 0 Å². The van der Waals surface area contributed by atoms with Crippen molar-refractivity contribution in [1.29, 1.82) is 0 Å². The zero-order valence-electron chi connectivity index (χ0n) is 14.6. The van der Waals surface area contributed by atoms with Gasteiger partial charge >= 0.3 is 29.6 Å². The molecule has 1 N–H and O–H groups in total. The molecule has 0 aromatic carbocycles. The number of carbonyl (C=O) groups excluding carboxylic acids is 3. The van der Waals surface area contributed by atoms with Crippen molar-refractivity contribution in [3.63, 3.8) is 0 Å². The molecule has 2 unspecified atom stereocenters. The van der Waals surface area contributed by atoms with Crippen LogP contribution in [0.3, 0.4) is 0 Å². The summed E-state index contributed by atoms with van der Waals surface area (Å²) < 4.78 is 0. The van der Waals surface area contributed by atoms with Gasteiger partial charge in [-0.25, -0.2) is 4.99 Å². The average molecular weight is 332 g/mol. The number of Topliss-reactive ketones (excluding diaryl/α,β-unsaturated/α-hetero) is 1. The zero-order chi connectivity index (χ0) is 16.8. The van der Waals surface area contributed by atoms with Crippen LogP contribution in [0.2, 0.25) is 0 Å². The number of aliphatic imine (C=N–C) groups is 1. The van der Waals surface area contributed by atoms with Crippen molar-refractivity contribution in [2.24, 2.45) is 16.3 Å². The number of nitrogens with zero attached hydrogens (tertiary/aromatic N) is 1. The molecular formula is C16H25N2NaO4. The van der Waals surface area contributed by atoms with E-state index in [2.05, 4.69) is 10.3 Å². The number of rotatable bonds is 4. The number of hydrogen-bond acceptors (Lipinski definition) is 4. The minimum Gasteiger partial charge on any atom is -0.846 e. The van der Waals surface area contributed by atoms with E-state index in [1.54, 1.807) is 6.92 Å². The number of hydrogen-bond donors (Lipinski definition) is 1. The fourth-order valence-electron chi connectivity index (χ4n) is 3.07. The van der Waals surface area contributed by atoms with Crippen LogP contribution in [0, 0.1) is 11.3 Å². The second kappa shape index (κ2) is 10.2. The Balaban J connectivity index is 0.000000581. The molecular weight excluding hydrogens is 307 g/mol. The second-order valence-electron chi connectivity index (χ2n) is 5.94. The molecule has 2 atom stereocenters. The van der Waals surface area contributed by atoms with Gasteiger partial charge in [0.05, 0.1) is 6.02 Å². The first-order chi connectivity index (χ1) is 10.4. The molecule has 2 aliphatic rings. The summed E-state index contributed by atoms with van der Waals surface area (Å²) in [6, 6.07) is -0.845. The Morgan fingerprint density at radius 3 is 2.13 bits per heavy atom. The SMILES string of the molecule is CCCC(C)C1(CC)C(=O)N=C([O-])NC1=O.O=C1CCCC1.[Na+]. The van der Waals surface area contributed by atoms with Crippen LogP contribution in [0.1, 0.15) is 65.7 Å². The number of ketones is 1. The van der Waals surface area contributed by atoms with E-state index in [-0.39, 0.29) is 35.5 Å². The van der Waals surface area contributed by atoms with Crippen molar-refractivity contribution in [1.82, 2.24) is 5.32 Å². The molecule has 0 bridgehead atoms. The van der Waals surface area contributed by atoms with E-state index in [4.69, 9.17) is 0 Å². The summed E-state index contributed by atoms with van der Waals surface area (Å²) in [5.74, 6) is -0.743. The Morgan fingerprint density at radius 2 is 1.78 bits per heavy atom. The van der Waals surface area contributed by atoms with Crippen molar-refractivity contribution in [2.75, 3.05) is 0 Å². The summed E-state index contributed by atoms with van der Waals surface area (Å²) in [5, 5.41) is 13.1. The van der Waals surface area contributed by atoms with E-state index in [1.165, 1.54) is 0 Å². The van der Waals surface area contributed by atoms with Gasteiger partial charge in [0.25, 0.3) is 5.91 Å². The molecule has 23 heavy (non-hydrogen) atoms. The van der Waals surface area contributed by atoms with E-state index >= 15 is 0 Å². The maximum atomic E-state index is 11.9. The molecule has 1 fully saturated rings. The first-order valence-corrected chi connectivity index (χ1v) is 8.01. The van der Waals surface area contributed by atoms with E-state index < -0.39 is 23.3 Å². The van der Waals surface area contributed by atoms with Gasteiger partial charge in [-0.1, -0.05) is 27.2 Å². The van der Waals surface area contributed by atoms with E-state index in [0.717, 1.165) is 38.5 Å². The minimum absolute atomic E-state index is 0. The third kappa shape index (κ3) is 5.40. The Hall–Kier alpha value is -0.720. The predicted molar refractivity (Wildman–Crippen MR) is 80.9 cm³/mol. The van der Waals surface area contributed by atoms with Crippen LogP contribution < -0.4 is 40.0 Å². The first-order valence-electron chi connectivity index (χ1n) is 8.01. The molecule has 0 spiro atoms. The van der Waals surface area contributed by atoms with Crippen molar-refractivity contribution in [3.05, 3.63) is 0 Å². The predicted octanol–water partition coefficient (Wildman–Crippen LogP) is -1.67. The van der Waals surface area contributed by atoms with Gasteiger partial charge in [0.1, 0.15) is 11.2 Å². The summed E-state index contributed by atoms with van der Waals surface area (Å²) in [4.78, 5) is 37.3. The smallest absolute Gasteiger partial charge is 0.846 e. The topological polar surface area (TPSA) is 98.7 Å². The van der Waals surface area contributed by atoms with E-state index in [1.807, 2.05) is 13.8 Å². The molecule has 0 radical (unpaired) electrons. The summed E-state index contributed by atoms with van der Waals surface area (Å²) in [5.41, 5.74) is -1.15. The molecule has 0 aromatic rings. The van der Waals surface area contributed by atoms with Crippen LogP contribution in [-0.4, -0.2) is 23.6 Å². The molecule has 0 aromatic heterocycles. The monoisotopic (exact) mass is 332 g/mol. The minimum atomic E-state index is -1.15. The molecule has 124 valence electrons. The number of nitrogens with one attached hydrogen (secondary N) is 1. The van der Waals surface area contributed by atoms with Gasteiger partial charge in [0.15, 0.2) is 0 Å². The van der Waals surface area contributed by atoms with Crippen molar-refractivity contribution >= 4 is 23.6 Å². The average Bonchev–Trinajstić information content (AvgIpc) is 2.91. The van der Waals surface area contributed by atoms with Gasteiger partial charge < -0.3 is 10.4 Å². The molecule has 1 aliphatic heterocycles. The summed E-state index contributed by atoms with van der Waals surface area (Å²) in [7, 11) is 0. The standard InChI is InChI=1S/C11H18N2O3.C5H8O.Na/c1-4-6-7(3)11(5-2)8(14)12-10(16)13-9(11)15;6-5-3-1-2-4-5;/h7H,4-6H2,1-3H3,(H2,12,13,14,15,16);1-4H2;/q;;+1/p-1.